The molecular weight excluding hydrogens is 385 g/mol. The molecule has 6 heteroatoms. The molecule has 0 amide bonds. The Morgan fingerprint density at radius 1 is 1.03 bits per heavy atom. The van der Waals surface area contributed by atoms with Gasteiger partial charge in [0.25, 0.3) is 0 Å². The highest BCUT2D eigenvalue weighted by atomic mass is 32.1. The zero-order valence-electron chi connectivity index (χ0n) is 17.1. The number of hydrogen-bond donors (Lipinski definition) is 0. The van der Waals surface area contributed by atoms with E-state index < -0.39 is 0 Å². The van der Waals surface area contributed by atoms with Gasteiger partial charge in [0.1, 0.15) is 11.9 Å². The van der Waals surface area contributed by atoms with Crippen LogP contribution in [0, 0.1) is 24.1 Å². The van der Waals surface area contributed by atoms with Gasteiger partial charge in [0.2, 0.25) is 0 Å². The summed E-state index contributed by atoms with van der Waals surface area (Å²) in [6, 6.07) is 13.1. The molecule has 3 rings (SSSR count). The molecule has 1 aliphatic rings. The molecule has 1 fully saturated rings. The molecule has 29 heavy (non-hydrogen) atoms. The molecule has 1 aromatic carbocycles. The van der Waals surface area contributed by atoms with Gasteiger partial charge in [-0.25, -0.2) is 4.39 Å². The maximum Gasteiger partial charge on any atom is 0.123 e. The van der Waals surface area contributed by atoms with E-state index in [4.69, 9.17) is 10.00 Å². The summed E-state index contributed by atoms with van der Waals surface area (Å²) in [7, 11) is 0. The van der Waals surface area contributed by atoms with E-state index in [0.29, 0.717) is 13.0 Å². The number of aryl methyl sites for hydroxylation is 1. The number of halogens is 1. The second kappa shape index (κ2) is 11.4. The van der Waals surface area contributed by atoms with Crippen molar-refractivity contribution in [1.82, 2.24) is 9.80 Å². The van der Waals surface area contributed by atoms with Crippen LogP contribution >= 0.6 is 11.3 Å². The fraction of sp³-hybridized carbons (Fsp3) is 0.522. The van der Waals surface area contributed by atoms with Crippen molar-refractivity contribution >= 4 is 11.3 Å². The van der Waals surface area contributed by atoms with E-state index in [1.807, 2.05) is 12.1 Å². The smallest absolute Gasteiger partial charge is 0.123 e. The van der Waals surface area contributed by atoms with Crippen molar-refractivity contribution in [3.05, 3.63) is 57.5 Å². The highest BCUT2D eigenvalue weighted by Crippen LogP contribution is 2.31. The fourth-order valence-electron chi connectivity index (χ4n) is 3.65. The number of nitrogens with zero attached hydrogens (tertiary/aromatic N) is 3. The Kier molecular flexibility index (Phi) is 8.63. The van der Waals surface area contributed by atoms with Crippen molar-refractivity contribution < 1.29 is 9.13 Å². The van der Waals surface area contributed by atoms with Crippen molar-refractivity contribution in [2.45, 2.75) is 32.3 Å². The van der Waals surface area contributed by atoms with E-state index in [2.05, 4.69) is 34.9 Å². The zero-order chi connectivity index (χ0) is 20.5. The number of ether oxygens (including phenoxy) is 1. The predicted octanol–water partition coefficient (Wildman–Crippen LogP) is 4.61. The molecule has 1 aliphatic heterocycles. The molecule has 0 aliphatic carbocycles. The zero-order valence-corrected chi connectivity index (χ0v) is 18.0. The third-order valence-corrected chi connectivity index (χ3v) is 6.41. The van der Waals surface area contributed by atoms with Crippen LogP contribution in [0.2, 0.25) is 0 Å². The van der Waals surface area contributed by atoms with Gasteiger partial charge in [-0.2, -0.15) is 5.26 Å². The van der Waals surface area contributed by atoms with E-state index >= 15 is 0 Å². The third kappa shape index (κ3) is 6.90. The first-order valence-corrected chi connectivity index (χ1v) is 11.2. The molecule has 4 nitrogen and oxygen atoms in total. The maximum atomic E-state index is 13.3. The standard InChI is InChI=1S/C23H30FN3OS/c1-19-5-10-22(29-19)23(20-6-8-21(24)9-7-20)28-18-17-27-15-13-26(14-16-27)12-4-2-3-11-25/h5-10,23H,2-4,12-18H2,1H3. The molecule has 0 radical (unpaired) electrons. The molecule has 0 N–H and O–H groups in total. The molecule has 2 heterocycles. The van der Waals surface area contributed by atoms with Crippen molar-refractivity contribution in [3.63, 3.8) is 0 Å². The molecule has 0 saturated carbocycles. The highest BCUT2D eigenvalue weighted by molar-refractivity contribution is 7.12. The van der Waals surface area contributed by atoms with Gasteiger partial charge < -0.3 is 9.64 Å². The number of rotatable bonds is 10. The lowest BCUT2D eigenvalue weighted by atomic mass is 10.1. The number of hydrogen-bond acceptors (Lipinski definition) is 5. The molecule has 0 spiro atoms. The van der Waals surface area contributed by atoms with Crippen LogP contribution in [0.5, 0.6) is 0 Å². The minimum absolute atomic E-state index is 0.143. The Morgan fingerprint density at radius 3 is 2.34 bits per heavy atom. The van der Waals surface area contributed by atoms with Crippen LogP contribution in [-0.4, -0.2) is 55.7 Å². The SMILES string of the molecule is Cc1ccc(C(OCCN2CCN(CCCCC#N)CC2)c2ccc(F)cc2)s1. The van der Waals surface area contributed by atoms with Gasteiger partial charge in [-0.05, 0) is 56.1 Å². The van der Waals surface area contributed by atoms with Crippen molar-refractivity contribution in [2.75, 3.05) is 45.9 Å². The van der Waals surface area contributed by atoms with Gasteiger partial charge in [0.15, 0.2) is 0 Å². The third-order valence-electron chi connectivity index (χ3n) is 5.36. The normalized spacial score (nSPS) is 16.6. The van der Waals surface area contributed by atoms with Crippen LogP contribution in [0.15, 0.2) is 36.4 Å². The minimum Gasteiger partial charge on any atom is -0.367 e. The van der Waals surface area contributed by atoms with E-state index in [0.717, 1.165) is 62.6 Å². The average molecular weight is 416 g/mol. The molecule has 0 bridgehead atoms. The van der Waals surface area contributed by atoms with Crippen LogP contribution in [0.3, 0.4) is 0 Å². The average Bonchev–Trinajstić information content (AvgIpc) is 3.16. The van der Waals surface area contributed by atoms with Gasteiger partial charge in [-0.15, -0.1) is 11.3 Å². The van der Waals surface area contributed by atoms with Gasteiger partial charge in [-0.3, -0.25) is 4.90 Å². The molecule has 1 aromatic heterocycles. The number of benzene rings is 1. The number of unbranched alkanes of at least 4 members (excludes halogenated alkanes) is 2. The molecule has 156 valence electrons. The van der Waals surface area contributed by atoms with Crippen LogP contribution in [0.4, 0.5) is 4.39 Å². The summed E-state index contributed by atoms with van der Waals surface area (Å²) < 4.78 is 19.6. The van der Waals surface area contributed by atoms with Crippen LogP contribution in [-0.2, 0) is 4.74 Å². The Bertz CT molecular complexity index is 778. The van der Waals surface area contributed by atoms with Crippen LogP contribution in [0.1, 0.15) is 40.7 Å². The summed E-state index contributed by atoms with van der Waals surface area (Å²) >= 11 is 1.73. The van der Waals surface area contributed by atoms with E-state index in [-0.39, 0.29) is 11.9 Å². The van der Waals surface area contributed by atoms with Gasteiger partial charge in [0, 0.05) is 48.9 Å². The van der Waals surface area contributed by atoms with Gasteiger partial charge in [0.05, 0.1) is 12.7 Å². The molecule has 2 aromatic rings. The quantitative estimate of drug-likeness (QED) is 0.531. The van der Waals surface area contributed by atoms with Crippen LogP contribution < -0.4 is 0 Å². The van der Waals surface area contributed by atoms with Gasteiger partial charge in [-0.1, -0.05) is 12.1 Å². The first-order valence-electron chi connectivity index (χ1n) is 10.4. The molecule has 1 unspecified atom stereocenters. The number of nitriles is 1. The summed E-state index contributed by atoms with van der Waals surface area (Å²) in [5, 5.41) is 8.62. The second-order valence-electron chi connectivity index (χ2n) is 7.55. The monoisotopic (exact) mass is 415 g/mol. The molecular formula is C23H30FN3OS. The summed E-state index contributed by atoms with van der Waals surface area (Å²) in [6.07, 6.45) is 2.63. The second-order valence-corrected chi connectivity index (χ2v) is 8.87. The van der Waals surface area contributed by atoms with Crippen molar-refractivity contribution in [1.29, 1.82) is 5.26 Å². The molecule has 1 atom stereocenters. The largest absolute Gasteiger partial charge is 0.367 e. The lowest BCUT2D eigenvalue weighted by molar-refractivity contribution is 0.0465. The maximum absolute atomic E-state index is 13.3. The Morgan fingerprint density at radius 2 is 1.72 bits per heavy atom. The van der Waals surface area contributed by atoms with E-state index in [1.165, 1.54) is 17.0 Å². The topological polar surface area (TPSA) is 39.5 Å². The number of piperazine rings is 1. The highest BCUT2D eigenvalue weighted by Gasteiger charge is 2.19. The fourth-order valence-corrected chi connectivity index (χ4v) is 4.61. The Hall–Kier alpha value is -1.78. The van der Waals surface area contributed by atoms with Crippen molar-refractivity contribution in [3.8, 4) is 6.07 Å². The van der Waals surface area contributed by atoms with Gasteiger partial charge >= 0.3 is 0 Å². The minimum atomic E-state index is -0.222. The predicted molar refractivity (Wildman–Crippen MR) is 116 cm³/mol. The molecule has 1 saturated heterocycles. The van der Waals surface area contributed by atoms with E-state index in [1.54, 1.807) is 11.3 Å². The summed E-state index contributed by atoms with van der Waals surface area (Å²) in [6.45, 7) is 9.02. The number of thiophene rings is 1. The van der Waals surface area contributed by atoms with Crippen LogP contribution in [0.25, 0.3) is 0 Å². The van der Waals surface area contributed by atoms with E-state index in [9.17, 15) is 4.39 Å². The summed E-state index contributed by atoms with van der Waals surface area (Å²) in [5.74, 6) is -0.222. The first-order chi connectivity index (χ1) is 14.2. The lowest BCUT2D eigenvalue weighted by Crippen LogP contribution is -2.47. The first kappa shape index (κ1) is 21.9. The summed E-state index contributed by atoms with van der Waals surface area (Å²) in [4.78, 5) is 7.36. The Balaban J connectivity index is 1.46. The van der Waals surface area contributed by atoms with Crippen molar-refractivity contribution in [2.24, 2.45) is 0 Å². The lowest BCUT2D eigenvalue weighted by Gasteiger charge is -2.34. The Labute approximate surface area is 177 Å². The summed E-state index contributed by atoms with van der Waals surface area (Å²) in [5.41, 5.74) is 0.996.